The lowest BCUT2D eigenvalue weighted by molar-refractivity contribution is -0.317. The van der Waals surface area contributed by atoms with E-state index < -0.39 is 36.0 Å². The van der Waals surface area contributed by atoms with Gasteiger partial charge in [0.05, 0.1) is 17.1 Å². The van der Waals surface area contributed by atoms with Gasteiger partial charge in [-0.3, -0.25) is 4.79 Å². The summed E-state index contributed by atoms with van der Waals surface area (Å²) in [5, 5.41) is 14.4. The molecular weight excluding hydrogens is 426 g/mol. The molecular formula is C25H20NO7-. The molecule has 33 heavy (non-hydrogen) atoms. The fourth-order valence-electron chi connectivity index (χ4n) is 2.89. The van der Waals surface area contributed by atoms with Gasteiger partial charge in [0, 0.05) is 6.54 Å². The van der Waals surface area contributed by atoms with Crippen molar-refractivity contribution in [1.82, 2.24) is 5.32 Å². The van der Waals surface area contributed by atoms with Crippen molar-refractivity contribution >= 4 is 23.8 Å². The number of hydrogen-bond donors (Lipinski definition) is 1. The lowest BCUT2D eigenvalue weighted by atomic mass is 10.1. The zero-order chi connectivity index (χ0) is 23.6. The third-order valence-electron chi connectivity index (χ3n) is 4.56. The van der Waals surface area contributed by atoms with Gasteiger partial charge < -0.3 is 24.7 Å². The summed E-state index contributed by atoms with van der Waals surface area (Å²) in [6.07, 6.45) is -4.17. The highest BCUT2D eigenvalue weighted by atomic mass is 16.6. The van der Waals surface area contributed by atoms with Crippen LogP contribution in [0.4, 0.5) is 0 Å². The highest BCUT2D eigenvalue weighted by Gasteiger charge is 2.36. The van der Waals surface area contributed by atoms with Crippen LogP contribution in [0.3, 0.4) is 0 Å². The first-order valence-corrected chi connectivity index (χ1v) is 10.0. The van der Waals surface area contributed by atoms with E-state index in [9.17, 15) is 24.3 Å². The second-order valence-electron chi connectivity index (χ2n) is 6.91. The molecule has 3 aromatic rings. The quantitative estimate of drug-likeness (QED) is 0.494. The molecule has 0 saturated heterocycles. The number of carbonyl (C=O) groups excluding carboxylic acids is 4. The van der Waals surface area contributed by atoms with Crippen molar-refractivity contribution < 1.29 is 33.8 Å². The zero-order valence-corrected chi connectivity index (χ0v) is 17.4. The Labute approximate surface area is 189 Å². The summed E-state index contributed by atoms with van der Waals surface area (Å²) >= 11 is 0. The van der Waals surface area contributed by atoms with Crippen LogP contribution in [-0.4, -0.2) is 36.0 Å². The van der Waals surface area contributed by atoms with E-state index in [2.05, 4.69) is 5.32 Å². The molecule has 0 aliphatic carbocycles. The molecule has 0 bridgehead atoms. The average molecular weight is 446 g/mol. The number of rotatable bonds is 9. The Kier molecular flexibility index (Phi) is 7.91. The number of hydrogen-bond acceptors (Lipinski definition) is 7. The van der Waals surface area contributed by atoms with E-state index >= 15 is 0 Å². The van der Waals surface area contributed by atoms with Gasteiger partial charge in [-0.2, -0.15) is 0 Å². The van der Waals surface area contributed by atoms with Gasteiger partial charge >= 0.3 is 11.9 Å². The number of aliphatic carboxylic acids is 1. The van der Waals surface area contributed by atoms with E-state index in [4.69, 9.17) is 9.47 Å². The number of esters is 2. The molecule has 2 atom stereocenters. The Bertz CT molecular complexity index is 1100. The molecule has 168 valence electrons. The molecule has 3 aromatic carbocycles. The molecule has 0 heterocycles. The molecule has 1 N–H and O–H groups in total. The fraction of sp³-hybridized carbons (Fsp3) is 0.120. The topological polar surface area (TPSA) is 122 Å². The Hall–Kier alpha value is -4.46. The first kappa shape index (κ1) is 23.2. The molecule has 0 spiro atoms. The number of carbonyl (C=O) groups is 4. The van der Waals surface area contributed by atoms with E-state index in [0.717, 1.165) is 5.56 Å². The van der Waals surface area contributed by atoms with Gasteiger partial charge in [-0.1, -0.05) is 66.7 Å². The summed E-state index contributed by atoms with van der Waals surface area (Å²) in [5.74, 6) is -4.82. The summed E-state index contributed by atoms with van der Waals surface area (Å²) in [6.45, 7) is 0.0332. The number of carboxylic acid groups (broad SMARTS) is 1. The van der Waals surface area contributed by atoms with Gasteiger partial charge in [0.2, 0.25) is 6.10 Å². The van der Waals surface area contributed by atoms with Crippen molar-refractivity contribution in [2.45, 2.75) is 18.8 Å². The maximum atomic E-state index is 12.9. The summed E-state index contributed by atoms with van der Waals surface area (Å²) < 4.78 is 10.2. The summed E-state index contributed by atoms with van der Waals surface area (Å²) in [4.78, 5) is 49.7. The SMILES string of the molecule is O=C(OC(C(=O)[O-])C(OC(=O)c1ccccc1)C(=O)NCc1ccccc1)c1ccccc1. The largest absolute Gasteiger partial charge is 0.546 e. The van der Waals surface area contributed by atoms with Crippen LogP contribution in [0.2, 0.25) is 0 Å². The van der Waals surface area contributed by atoms with Crippen LogP contribution < -0.4 is 10.4 Å². The number of ether oxygens (including phenoxy) is 2. The molecule has 2 unspecified atom stereocenters. The van der Waals surface area contributed by atoms with Gasteiger partial charge in [0.1, 0.15) is 0 Å². The first-order valence-electron chi connectivity index (χ1n) is 10.0. The average Bonchev–Trinajstić information content (AvgIpc) is 2.86. The lowest BCUT2D eigenvalue weighted by Gasteiger charge is -2.27. The minimum absolute atomic E-state index is 0.0332. The Morgan fingerprint density at radius 2 is 1.09 bits per heavy atom. The van der Waals surface area contributed by atoms with Crippen LogP contribution in [0.1, 0.15) is 26.3 Å². The molecule has 0 aromatic heterocycles. The van der Waals surface area contributed by atoms with Crippen LogP contribution in [0.25, 0.3) is 0 Å². The first-order chi connectivity index (χ1) is 16.0. The molecule has 0 saturated carbocycles. The molecule has 0 aliphatic rings. The number of benzene rings is 3. The monoisotopic (exact) mass is 446 g/mol. The minimum Gasteiger partial charge on any atom is -0.546 e. The fourth-order valence-corrected chi connectivity index (χ4v) is 2.89. The molecule has 8 nitrogen and oxygen atoms in total. The van der Waals surface area contributed by atoms with E-state index in [-0.39, 0.29) is 17.7 Å². The van der Waals surface area contributed by atoms with Crippen molar-refractivity contribution in [2.24, 2.45) is 0 Å². The second-order valence-corrected chi connectivity index (χ2v) is 6.91. The maximum Gasteiger partial charge on any atom is 0.339 e. The van der Waals surface area contributed by atoms with Gasteiger partial charge in [-0.05, 0) is 29.8 Å². The highest BCUT2D eigenvalue weighted by molar-refractivity contribution is 5.96. The summed E-state index contributed by atoms with van der Waals surface area (Å²) in [7, 11) is 0. The maximum absolute atomic E-state index is 12.9. The van der Waals surface area contributed by atoms with Crippen molar-refractivity contribution in [3.63, 3.8) is 0 Å². The van der Waals surface area contributed by atoms with Gasteiger partial charge in [0.15, 0.2) is 6.10 Å². The Morgan fingerprint density at radius 3 is 1.55 bits per heavy atom. The minimum atomic E-state index is -2.18. The van der Waals surface area contributed by atoms with Gasteiger partial charge in [0.25, 0.3) is 5.91 Å². The number of carboxylic acids is 1. The smallest absolute Gasteiger partial charge is 0.339 e. The van der Waals surface area contributed by atoms with Crippen LogP contribution >= 0.6 is 0 Å². The zero-order valence-electron chi connectivity index (χ0n) is 17.4. The van der Waals surface area contributed by atoms with Crippen LogP contribution in [0, 0.1) is 0 Å². The predicted molar refractivity (Wildman–Crippen MR) is 115 cm³/mol. The molecule has 0 radical (unpaired) electrons. The van der Waals surface area contributed by atoms with E-state index in [1.165, 1.54) is 24.3 Å². The van der Waals surface area contributed by atoms with Crippen molar-refractivity contribution in [3.8, 4) is 0 Å². The summed E-state index contributed by atoms with van der Waals surface area (Å²) in [5.41, 5.74) is 0.872. The molecule has 0 aliphatic heterocycles. The second kappa shape index (κ2) is 11.2. The third kappa shape index (κ3) is 6.51. The predicted octanol–water partition coefficient (Wildman–Crippen LogP) is 1.50. The van der Waals surface area contributed by atoms with Crippen LogP contribution in [-0.2, 0) is 25.6 Å². The van der Waals surface area contributed by atoms with Crippen LogP contribution in [0.5, 0.6) is 0 Å². The van der Waals surface area contributed by atoms with Crippen LogP contribution in [0.15, 0.2) is 91.0 Å². The van der Waals surface area contributed by atoms with E-state index in [1.807, 2.05) is 0 Å². The van der Waals surface area contributed by atoms with E-state index in [1.54, 1.807) is 66.7 Å². The number of amides is 1. The van der Waals surface area contributed by atoms with Gasteiger partial charge in [-0.15, -0.1) is 0 Å². The Balaban J connectivity index is 1.83. The third-order valence-corrected chi connectivity index (χ3v) is 4.56. The molecule has 8 heteroatoms. The summed E-state index contributed by atoms with van der Waals surface area (Å²) in [6, 6.07) is 24.1. The standard InChI is InChI=1S/C25H21NO7/c27-22(26-16-17-10-4-1-5-11-17)20(32-24(30)18-12-6-2-7-13-18)21(23(28)29)33-25(31)19-14-8-3-9-15-19/h1-15,20-21H,16H2,(H,26,27)(H,28,29)/p-1. The highest BCUT2D eigenvalue weighted by Crippen LogP contribution is 2.13. The molecule has 3 rings (SSSR count). The van der Waals surface area contributed by atoms with E-state index in [0.29, 0.717) is 0 Å². The number of nitrogens with one attached hydrogen (secondary N) is 1. The molecule has 1 amide bonds. The normalized spacial score (nSPS) is 12.1. The van der Waals surface area contributed by atoms with Gasteiger partial charge in [-0.25, -0.2) is 9.59 Å². The van der Waals surface area contributed by atoms with Crippen molar-refractivity contribution in [2.75, 3.05) is 0 Å². The lowest BCUT2D eigenvalue weighted by Crippen LogP contribution is -2.54. The van der Waals surface area contributed by atoms with Crippen molar-refractivity contribution in [3.05, 3.63) is 108 Å². The molecule has 0 fully saturated rings. The van der Waals surface area contributed by atoms with Crippen molar-refractivity contribution in [1.29, 1.82) is 0 Å². The Morgan fingerprint density at radius 1 is 0.667 bits per heavy atom.